The molecule has 0 bridgehead atoms. The van der Waals surface area contributed by atoms with Crippen LogP contribution >= 0.6 is 11.7 Å². The molecule has 0 saturated heterocycles. The van der Waals surface area contributed by atoms with Crippen LogP contribution in [0.3, 0.4) is 0 Å². The first-order valence-corrected chi connectivity index (χ1v) is 12.2. The van der Waals surface area contributed by atoms with Gasteiger partial charge in [0.1, 0.15) is 21.7 Å². The van der Waals surface area contributed by atoms with Crippen LogP contribution < -0.4 is 15.4 Å². The van der Waals surface area contributed by atoms with Gasteiger partial charge in [-0.25, -0.2) is 8.42 Å². The first-order valence-electron chi connectivity index (χ1n) is 10.1. The first kappa shape index (κ1) is 19.8. The third-order valence-corrected chi connectivity index (χ3v) is 7.95. The lowest BCUT2D eigenvalue weighted by atomic mass is 9.99. The van der Waals surface area contributed by atoms with Crippen LogP contribution in [-0.2, 0) is 16.4 Å². The van der Waals surface area contributed by atoms with Gasteiger partial charge in [0.05, 0.1) is 41.6 Å². The van der Waals surface area contributed by atoms with E-state index in [9.17, 15) is 8.42 Å². The highest BCUT2D eigenvalue weighted by molar-refractivity contribution is 7.93. The van der Waals surface area contributed by atoms with Crippen LogP contribution in [-0.4, -0.2) is 49.9 Å². The Kier molecular flexibility index (Phi) is 4.41. The van der Waals surface area contributed by atoms with E-state index in [1.807, 2.05) is 24.3 Å². The number of nitrogens with one attached hydrogen (secondary N) is 2. The van der Waals surface area contributed by atoms with E-state index in [2.05, 4.69) is 34.2 Å². The third-order valence-electron chi connectivity index (χ3n) is 5.60. The summed E-state index contributed by atoms with van der Waals surface area (Å²) in [5, 5.41) is 10.8. The summed E-state index contributed by atoms with van der Waals surface area (Å²) in [6.07, 6.45) is 2.21. The molecule has 4 heterocycles. The van der Waals surface area contributed by atoms with E-state index in [1.165, 1.54) is 4.31 Å². The van der Waals surface area contributed by atoms with E-state index in [4.69, 9.17) is 5.73 Å². The largest absolute Gasteiger partial charge is 0.368 e. The molecule has 0 radical (unpaired) electrons. The van der Waals surface area contributed by atoms with Gasteiger partial charge < -0.3 is 11.1 Å². The zero-order chi connectivity index (χ0) is 22.6. The van der Waals surface area contributed by atoms with Crippen LogP contribution in [0.15, 0.2) is 53.6 Å². The number of hydrogen-bond acceptors (Lipinski definition) is 10. The molecule has 1 aliphatic rings. The second kappa shape index (κ2) is 7.35. The molecule has 1 atom stereocenters. The lowest BCUT2D eigenvalue weighted by Crippen LogP contribution is -2.45. The molecule has 5 aromatic rings. The van der Waals surface area contributed by atoms with Gasteiger partial charge in [0.25, 0.3) is 10.0 Å². The molecule has 11 nitrogen and oxygen atoms in total. The number of fused-ring (bicyclic) bond motifs is 3. The Labute approximate surface area is 192 Å². The number of nitrogens with two attached hydrogens (primary N) is 1. The van der Waals surface area contributed by atoms with Gasteiger partial charge in [-0.2, -0.15) is 23.8 Å². The molecule has 1 aliphatic heterocycles. The average Bonchev–Trinajstić information content (AvgIpc) is 3.47. The normalized spacial score (nSPS) is 16.2. The van der Waals surface area contributed by atoms with Crippen molar-refractivity contribution < 1.29 is 8.42 Å². The number of nitrogens with zero attached hydrogens (tertiary/aromatic N) is 6. The van der Waals surface area contributed by atoms with Gasteiger partial charge in [-0.15, -0.1) is 0 Å². The molecule has 166 valence electrons. The van der Waals surface area contributed by atoms with Crippen LogP contribution in [0.1, 0.15) is 5.56 Å². The second-order valence-corrected chi connectivity index (χ2v) is 10.0. The Morgan fingerprint density at radius 2 is 2.00 bits per heavy atom. The number of aromatic amines is 1. The smallest absolute Gasteiger partial charge is 0.266 e. The number of hydrogen-bond donors (Lipinski definition) is 3. The molecule has 0 amide bonds. The molecule has 0 saturated carbocycles. The molecule has 0 aliphatic carbocycles. The van der Waals surface area contributed by atoms with E-state index in [-0.39, 0.29) is 23.4 Å². The Hall–Kier alpha value is -3.84. The van der Waals surface area contributed by atoms with Gasteiger partial charge in [0.15, 0.2) is 5.65 Å². The zero-order valence-electron chi connectivity index (χ0n) is 17.0. The Bertz CT molecular complexity index is 1610. The fourth-order valence-electron chi connectivity index (χ4n) is 4.14. The second-order valence-electron chi connectivity index (χ2n) is 7.66. The summed E-state index contributed by atoms with van der Waals surface area (Å²) >= 11 is 0.991. The molecule has 0 spiro atoms. The SMILES string of the molecule is Nc1nc(NC2Cc3ccccc3N(S(=O)(=O)c3cccc4nsnc34)C2)c2cn[nH]c2n1. The molecule has 1 unspecified atom stereocenters. The Morgan fingerprint density at radius 1 is 1.12 bits per heavy atom. The minimum Gasteiger partial charge on any atom is -0.368 e. The lowest BCUT2D eigenvalue weighted by Gasteiger charge is -2.35. The maximum Gasteiger partial charge on any atom is 0.266 e. The zero-order valence-corrected chi connectivity index (χ0v) is 18.6. The third kappa shape index (κ3) is 3.24. The van der Waals surface area contributed by atoms with Crippen LogP contribution in [0.4, 0.5) is 17.5 Å². The summed E-state index contributed by atoms with van der Waals surface area (Å²) in [7, 11) is -3.92. The van der Waals surface area contributed by atoms with E-state index in [1.54, 1.807) is 24.4 Å². The van der Waals surface area contributed by atoms with Crippen molar-refractivity contribution in [3.05, 3.63) is 54.2 Å². The number of sulfonamides is 1. The van der Waals surface area contributed by atoms with Crippen molar-refractivity contribution in [3.8, 4) is 0 Å². The number of para-hydroxylation sites is 1. The van der Waals surface area contributed by atoms with Crippen LogP contribution in [0.25, 0.3) is 22.1 Å². The average molecular weight is 480 g/mol. The van der Waals surface area contributed by atoms with Crippen molar-refractivity contribution in [2.24, 2.45) is 0 Å². The summed E-state index contributed by atoms with van der Waals surface area (Å²) in [4.78, 5) is 8.58. The van der Waals surface area contributed by atoms with Crippen molar-refractivity contribution in [2.45, 2.75) is 17.4 Å². The fourth-order valence-corrected chi connectivity index (χ4v) is 6.45. The molecular formula is C20H17N9O2S2. The van der Waals surface area contributed by atoms with E-state index < -0.39 is 10.0 Å². The van der Waals surface area contributed by atoms with Gasteiger partial charge in [-0.1, -0.05) is 24.3 Å². The Balaban J connectivity index is 1.43. The van der Waals surface area contributed by atoms with Gasteiger partial charge >= 0.3 is 0 Å². The minimum atomic E-state index is -3.92. The molecular weight excluding hydrogens is 462 g/mol. The summed E-state index contributed by atoms with van der Waals surface area (Å²) in [5.41, 5.74) is 8.84. The topological polar surface area (TPSA) is 156 Å². The molecule has 0 fully saturated rings. The molecule has 3 aromatic heterocycles. The number of aromatic nitrogens is 6. The van der Waals surface area contributed by atoms with Crippen molar-refractivity contribution in [3.63, 3.8) is 0 Å². The highest BCUT2D eigenvalue weighted by Crippen LogP contribution is 2.35. The number of nitrogen functional groups attached to an aromatic ring is 1. The van der Waals surface area contributed by atoms with Crippen molar-refractivity contribution in [1.29, 1.82) is 0 Å². The predicted molar refractivity (Wildman–Crippen MR) is 126 cm³/mol. The summed E-state index contributed by atoms with van der Waals surface area (Å²) in [6, 6.07) is 12.2. The molecule has 33 heavy (non-hydrogen) atoms. The summed E-state index contributed by atoms with van der Waals surface area (Å²) in [5.74, 6) is 0.594. The van der Waals surface area contributed by atoms with E-state index in [0.717, 1.165) is 17.3 Å². The molecule has 2 aromatic carbocycles. The summed E-state index contributed by atoms with van der Waals surface area (Å²) < 4.78 is 37.6. The van der Waals surface area contributed by atoms with Gasteiger partial charge in [-0.05, 0) is 30.2 Å². The van der Waals surface area contributed by atoms with Gasteiger partial charge in [0.2, 0.25) is 5.95 Å². The molecule has 4 N–H and O–H groups in total. The van der Waals surface area contributed by atoms with Crippen molar-refractivity contribution >= 4 is 61.3 Å². The maximum absolute atomic E-state index is 13.9. The predicted octanol–water partition coefficient (Wildman–Crippen LogP) is 2.17. The number of H-pyrrole nitrogens is 1. The minimum absolute atomic E-state index is 0.0950. The van der Waals surface area contributed by atoms with Crippen molar-refractivity contribution in [1.82, 2.24) is 28.9 Å². The standard InChI is InChI=1S/C20H17N9O2S2/c21-20-24-18(13-9-22-26-19(13)25-20)23-12-8-11-4-1-2-6-15(11)29(10-12)33(30,31)16-7-3-5-14-17(16)28-32-27-14/h1-7,9,12H,8,10H2,(H4,21,22,23,24,25,26). The highest BCUT2D eigenvalue weighted by Gasteiger charge is 2.35. The van der Waals surface area contributed by atoms with Crippen LogP contribution in [0, 0.1) is 0 Å². The molecule has 13 heteroatoms. The van der Waals surface area contributed by atoms with Gasteiger partial charge in [-0.3, -0.25) is 9.40 Å². The number of rotatable bonds is 4. The first-order chi connectivity index (χ1) is 16.0. The summed E-state index contributed by atoms with van der Waals surface area (Å²) in [6.45, 7) is 0.191. The molecule has 6 rings (SSSR count). The number of anilines is 3. The quantitative estimate of drug-likeness (QED) is 0.351. The van der Waals surface area contributed by atoms with E-state index >= 15 is 0 Å². The maximum atomic E-state index is 13.9. The fraction of sp³-hybridized carbons (Fsp3) is 0.150. The highest BCUT2D eigenvalue weighted by atomic mass is 32.2. The Morgan fingerprint density at radius 3 is 2.91 bits per heavy atom. The van der Waals surface area contributed by atoms with Crippen molar-refractivity contribution in [2.75, 3.05) is 21.9 Å². The van der Waals surface area contributed by atoms with E-state index in [0.29, 0.717) is 40.0 Å². The monoisotopic (exact) mass is 479 g/mol. The van der Waals surface area contributed by atoms with Crippen LogP contribution in [0.5, 0.6) is 0 Å². The van der Waals surface area contributed by atoms with Gasteiger partial charge in [0, 0.05) is 0 Å². The lowest BCUT2D eigenvalue weighted by molar-refractivity contribution is 0.581. The number of benzene rings is 2. The van der Waals surface area contributed by atoms with Crippen LogP contribution in [0.2, 0.25) is 0 Å².